The number of carbonyl (C=O) groups is 6. The lowest BCUT2D eigenvalue weighted by Gasteiger charge is -2.38. The molecule has 4 fully saturated rings. The van der Waals surface area contributed by atoms with Gasteiger partial charge in [0.25, 0.3) is 11.8 Å². The number of rotatable bonds is 14. The molecule has 260 valence electrons. The highest BCUT2D eigenvalue weighted by atomic mass is 16.2. The highest BCUT2D eigenvalue weighted by molar-refractivity contribution is 6.38. The lowest BCUT2D eigenvalue weighted by atomic mass is 9.82. The molecule has 0 radical (unpaired) electrons. The Bertz CT molecular complexity index is 1400. The summed E-state index contributed by atoms with van der Waals surface area (Å²) in [6.07, 6.45) is 13.1. The van der Waals surface area contributed by atoms with Gasteiger partial charge in [0.05, 0.1) is 12.2 Å². The van der Waals surface area contributed by atoms with Gasteiger partial charge in [-0.2, -0.15) is 0 Å². The van der Waals surface area contributed by atoms with Crippen molar-refractivity contribution >= 4 is 35.3 Å². The summed E-state index contributed by atoms with van der Waals surface area (Å²) in [5.74, 6) is -3.08. The summed E-state index contributed by atoms with van der Waals surface area (Å²) < 4.78 is 0. The fourth-order valence-electron chi connectivity index (χ4n) is 7.16. The van der Waals surface area contributed by atoms with Crippen molar-refractivity contribution in [3.8, 4) is 0 Å². The van der Waals surface area contributed by atoms with Crippen molar-refractivity contribution in [2.24, 2.45) is 29.1 Å². The Morgan fingerprint density at radius 2 is 1.73 bits per heavy atom. The van der Waals surface area contributed by atoms with E-state index in [-0.39, 0.29) is 41.8 Å². The van der Waals surface area contributed by atoms with E-state index in [4.69, 9.17) is 0 Å². The second-order valence-electron chi connectivity index (χ2n) is 14.9. The molecule has 0 spiro atoms. The van der Waals surface area contributed by atoms with Gasteiger partial charge in [-0.1, -0.05) is 59.0 Å². The molecule has 2 heterocycles. The second-order valence-corrected chi connectivity index (χ2v) is 14.9. The van der Waals surface area contributed by atoms with Crippen LogP contribution >= 0.6 is 0 Å². The number of Topliss-reactive ketones (excluding diaryl/α,β-unsaturated/α-hetero) is 1. The second kappa shape index (κ2) is 14.9. The molecule has 0 bridgehead atoms. The van der Waals surface area contributed by atoms with E-state index in [1.807, 2.05) is 20.8 Å². The van der Waals surface area contributed by atoms with E-state index < -0.39 is 59.0 Å². The molecule has 4 N–H and O–H groups in total. The number of hydrogen-bond acceptors (Lipinski definition) is 8. The van der Waals surface area contributed by atoms with Crippen molar-refractivity contribution in [1.29, 1.82) is 0 Å². The van der Waals surface area contributed by atoms with Crippen molar-refractivity contribution in [3.63, 3.8) is 0 Å². The average Bonchev–Trinajstić information content (AvgIpc) is 4.01. The molecule has 13 heteroatoms. The van der Waals surface area contributed by atoms with Crippen LogP contribution in [0.15, 0.2) is 31.2 Å². The van der Waals surface area contributed by atoms with E-state index in [1.54, 1.807) is 0 Å². The van der Waals surface area contributed by atoms with Crippen LogP contribution in [0.1, 0.15) is 89.0 Å². The molecule has 1 unspecified atom stereocenters. The van der Waals surface area contributed by atoms with Crippen LogP contribution < -0.4 is 21.3 Å². The first-order valence-electron chi connectivity index (χ1n) is 17.3. The number of aromatic nitrogens is 2. The lowest BCUT2D eigenvalue weighted by Crippen LogP contribution is -2.62. The molecule has 13 nitrogen and oxygen atoms in total. The van der Waals surface area contributed by atoms with Crippen molar-refractivity contribution in [2.75, 3.05) is 13.1 Å². The summed E-state index contributed by atoms with van der Waals surface area (Å²) in [6.45, 7) is 9.60. The van der Waals surface area contributed by atoms with E-state index in [2.05, 4.69) is 37.8 Å². The number of nitrogens with zero attached hydrogens (tertiary/aromatic N) is 3. The number of fused-ring (bicyclic) bond motifs is 1. The highest BCUT2D eigenvalue weighted by Gasteiger charge is 2.58. The van der Waals surface area contributed by atoms with Gasteiger partial charge >= 0.3 is 0 Å². The maximum absolute atomic E-state index is 14.4. The monoisotopic (exact) mass is 663 g/mol. The standard InChI is InChI=1S/C35H49N7O6/c1-5-13-38-33(47)28(43)24(16-20-11-12-20)39-32(46)27-23-17-22(23)19-42(27)34(48)29(35(2,3)4)41-31(45)26(21-9-7-6-8-10-21)40-30(44)25-18-36-14-15-37-25/h5,14-15,18,20-24,26-27,29H,1,6-13,16-17,19H2,2-4H3,(H,38,47)(H,39,46)(H,40,44)(H,41,45)/t22-,23-,24?,26-,27-,29+/m0/s1. The molecule has 1 aromatic rings. The molecular formula is C35H49N7O6. The van der Waals surface area contributed by atoms with Gasteiger partial charge in [-0.05, 0) is 54.8 Å². The number of carbonyl (C=O) groups excluding carboxylic acids is 6. The van der Waals surface area contributed by atoms with Gasteiger partial charge in [0.1, 0.15) is 23.8 Å². The summed E-state index contributed by atoms with van der Waals surface area (Å²) in [4.78, 5) is 90.6. The van der Waals surface area contributed by atoms with Crippen LogP contribution in [0.2, 0.25) is 0 Å². The van der Waals surface area contributed by atoms with Gasteiger partial charge in [0, 0.05) is 25.5 Å². The van der Waals surface area contributed by atoms with Crippen LogP contribution in [0.25, 0.3) is 0 Å². The summed E-state index contributed by atoms with van der Waals surface area (Å²) in [5, 5.41) is 11.2. The molecule has 1 aromatic heterocycles. The molecule has 6 atom stereocenters. The van der Waals surface area contributed by atoms with E-state index in [9.17, 15) is 28.8 Å². The minimum absolute atomic E-state index is 0.0576. The topological polar surface area (TPSA) is 180 Å². The van der Waals surface area contributed by atoms with Gasteiger partial charge in [0.15, 0.2) is 0 Å². The van der Waals surface area contributed by atoms with E-state index in [0.29, 0.717) is 13.0 Å². The third-order valence-electron chi connectivity index (χ3n) is 10.1. The largest absolute Gasteiger partial charge is 0.346 e. The third kappa shape index (κ3) is 8.46. The smallest absolute Gasteiger partial charge is 0.289 e. The average molecular weight is 664 g/mol. The van der Waals surface area contributed by atoms with Gasteiger partial charge in [0.2, 0.25) is 23.5 Å². The molecule has 48 heavy (non-hydrogen) atoms. The van der Waals surface area contributed by atoms with Crippen molar-refractivity contribution in [2.45, 2.75) is 103 Å². The Labute approximate surface area is 281 Å². The first-order chi connectivity index (χ1) is 22.9. The summed E-state index contributed by atoms with van der Waals surface area (Å²) >= 11 is 0. The minimum atomic E-state index is -0.995. The number of nitrogens with one attached hydrogen (secondary N) is 4. The van der Waals surface area contributed by atoms with Crippen molar-refractivity contribution < 1.29 is 28.8 Å². The number of hydrogen-bond donors (Lipinski definition) is 4. The van der Waals surface area contributed by atoms with E-state index in [0.717, 1.165) is 51.4 Å². The van der Waals surface area contributed by atoms with E-state index >= 15 is 0 Å². The van der Waals surface area contributed by atoms with Crippen LogP contribution in [0.3, 0.4) is 0 Å². The van der Waals surface area contributed by atoms with Crippen LogP contribution in [-0.2, 0) is 24.0 Å². The Hall–Kier alpha value is -4.16. The fraction of sp³-hybridized carbons (Fsp3) is 0.657. The van der Waals surface area contributed by atoms with Crippen LogP contribution in [0, 0.1) is 29.1 Å². The molecule has 0 aromatic carbocycles. The van der Waals surface area contributed by atoms with Gasteiger partial charge in [-0.3, -0.25) is 33.8 Å². The van der Waals surface area contributed by atoms with Crippen LogP contribution in [-0.4, -0.2) is 87.4 Å². The number of piperidine rings is 1. The molecule has 5 rings (SSSR count). The van der Waals surface area contributed by atoms with E-state index in [1.165, 1.54) is 29.6 Å². The molecule has 1 saturated heterocycles. The fourth-order valence-corrected chi connectivity index (χ4v) is 7.16. The van der Waals surface area contributed by atoms with Crippen molar-refractivity contribution in [1.82, 2.24) is 36.1 Å². The molecule has 1 aliphatic heterocycles. The quantitative estimate of drug-likeness (QED) is 0.172. The molecule has 4 aliphatic rings. The highest BCUT2D eigenvalue weighted by Crippen LogP contribution is 2.50. The predicted molar refractivity (Wildman–Crippen MR) is 176 cm³/mol. The SMILES string of the molecule is C=CCNC(=O)C(=O)C(CC1CC1)NC(=O)[C@@H]1[C@H]2C[C@H]2CN1C(=O)[C@@H](NC(=O)[C@@H](NC(=O)c1cnccn1)C1CCCCC1)C(C)(C)C. The van der Waals surface area contributed by atoms with Crippen LogP contribution in [0.4, 0.5) is 0 Å². The zero-order chi connectivity index (χ0) is 34.6. The first-order valence-corrected chi connectivity index (χ1v) is 17.3. The Kier molecular flexibility index (Phi) is 10.9. The molecule has 3 aliphatic carbocycles. The number of ketones is 1. The van der Waals surface area contributed by atoms with Gasteiger partial charge in [-0.15, -0.1) is 6.58 Å². The van der Waals surface area contributed by atoms with Crippen molar-refractivity contribution in [3.05, 3.63) is 36.9 Å². The number of amides is 5. The molecule has 5 amide bonds. The maximum Gasteiger partial charge on any atom is 0.289 e. The minimum Gasteiger partial charge on any atom is -0.346 e. The molecule has 3 saturated carbocycles. The van der Waals surface area contributed by atoms with Gasteiger partial charge in [-0.25, -0.2) is 4.98 Å². The Balaban J connectivity index is 1.32. The summed E-state index contributed by atoms with van der Waals surface area (Å²) in [7, 11) is 0. The summed E-state index contributed by atoms with van der Waals surface area (Å²) in [6, 6.07) is -3.69. The predicted octanol–water partition coefficient (Wildman–Crippen LogP) is 1.69. The van der Waals surface area contributed by atoms with Crippen LogP contribution in [0.5, 0.6) is 0 Å². The molecular weight excluding hydrogens is 614 g/mol. The lowest BCUT2D eigenvalue weighted by molar-refractivity contribution is -0.146. The first kappa shape index (κ1) is 35.2. The maximum atomic E-state index is 14.4. The Morgan fingerprint density at radius 3 is 2.35 bits per heavy atom. The Morgan fingerprint density at radius 1 is 1.00 bits per heavy atom. The normalized spacial score (nSPS) is 23.9. The zero-order valence-electron chi connectivity index (χ0n) is 28.2. The summed E-state index contributed by atoms with van der Waals surface area (Å²) in [5.41, 5.74) is -0.642. The number of likely N-dealkylation sites (tertiary alicyclic amines) is 1. The van der Waals surface area contributed by atoms with Gasteiger partial charge < -0.3 is 26.2 Å². The third-order valence-corrected chi connectivity index (χ3v) is 10.1. The zero-order valence-corrected chi connectivity index (χ0v) is 28.2.